The number of carbonyl (C=O) groups is 1. The van der Waals surface area contributed by atoms with Gasteiger partial charge >= 0.3 is 0 Å². The van der Waals surface area contributed by atoms with Crippen molar-refractivity contribution in [2.24, 2.45) is 5.41 Å². The zero-order valence-corrected chi connectivity index (χ0v) is 10.7. The lowest BCUT2D eigenvalue weighted by Crippen LogP contribution is -2.50. The second-order valence-corrected chi connectivity index (χ2v) is 5.70. The van der Waals surface area contributed by atoms with E-state index in [2.05, 4.69) is 18.3 Å². The van der Waals surface area contributed by atoms with Crippen molar-refractivity contribution >= 4 is 5.91 Å². The van der Waals surface area contributed by atoms with E-state index in [0.29, 0.717) is 0 Å². The highest BCUT2D eigenvalue weighted by Gasteiger charge is 2.44. The van der Waals surface area contributed by atoms with Crippen molar-refractivity contribution in [3.05, 3.63) is 0 Å². The fraction of sp³-hybridized carbons (Fsp3) is 0.857. The molecule has 1 amide bonds. The molecular weight excluding hydrogens is 212 g/mol. The van der Waals surface area contributed by atoms with Crippen LogP contribution < -0.4 is 5.32 Å². The summed E-state index contributed by atoms with van der Waals surface area (Å²) in [6, 6.07) is 2.34. The number of nitrogens with one attached hydrogen (secondary N) is 1. The highest BCUT2D eigenvalue weighted by atomic mass is 16.2. The molecule has 2 rings (SSSR count). The van der Waals surface area contributed by atoms with Gasteiger partial charge in [-0.2, -0.15) is 5.26 Å². The normalized spacial score (nSPS) is 25.4. The van der Waals surface area contributed by atoms with E-state index in [1.165, 1.54) is 0 Å². The Hall–Kier alpha value is -1.04. The molecule has 0 heterocycles. The first-order chi connectivity index (χ1) is 8.16. The maximum absolute atomic E-state index is 12.5. The van der Waals surface area contributed by atoms with E-state index in [-0.39, 0.29) is 11.3 Å². The van der Waals surface area contributed by atoms with Crippen LogP contribution in [-0.2, 0) is 4.79 Å². The van der Waals surface area contributed by atoms with Crippen LogP contribution in [0.2, 0.25) is 0 Å². The molecule has 0 aromatic heterocycles. The van der Waals surface area contributed by atoms with Gasteiger partial charge in [0.15, 0.2) is 0 Å². The molecule has 2 fully saturated rings. The van der Waals surface area contributed by atoms with E-state index in [1.807, 2.05) is 0 Å². The van der Waals surface area contributed by atoms with Gasteiger partial charge in [-0.1, -0.05) is 19.8 Å². The molecule has 3 heteroatoms. The predicted molar refractivity (Wildman–Crippen MR) is 66.1 cm³/mol. The van der Waals surface area contributed by atoms with Crippen LogP contribution in [0.3, 0.4) is 0 Å². The maximum atomic E-state index is 12.5. The number of rotatable bonds is 3. The lowest BCUT2D eigenvalue weighted by atomic mass is 9.81. The molecule has 0 aromatic carbocycles. The van der Waals surface area contributed by atoms with Crippen LogP contribution in [0, 0.1) is 16.7 Å². The van der Waals surface area contributed by atoms with Crippen LogP contribution >= 0.6 is 0 Å². The third-order valence-electron chi connectivity index (χ3n) is 4.74. The molecule has 3 nitrogen and oxygen atoms in total. The van der Waals surface area contributed by atoms with Crippen molar-refractivity contribution in [3.8, 4) is 6.07 Å². The number of hydrogen-bond donors (Lipinski definition) is 1. The standard InChI is InChI=1S/C14H22N2O/c1-2-13(7-3-4-8-13)12(17)16-14(11-15)9-5-6-10-14/h2-10H2,1H3,(H,16,17). The summed E-state index contributed by atoms with van der Waals surface area (Å²) in [5.41, 5.74) is -0.728. The van der Waals surface area contributed by atoms with Crippen LogP contribution in [0.1, 0.15) is 64.7 Å². The Morgan fingerprint density at radius 1 is 1.18 bits per heavy atom. The molecule has 17 heavy (non-hydrogen) atoms. The van der Waals surface area contributed by atoms with Gasteiger partial charge in [0.1, 0.15) is 5.54 Å². The SMILES string of the molecule is CCC1(C(=O)NC2(C#N)CCCC2)CCCC1. The van der Waals surface area contributed by atoms with Crippen molar-refractivity contribution in [2.75, 3.05) is 0 Å². The zero-order valence-electron chi connectivity index (χ0n) is 10.7. The van der Waals surface area contributed by atoms with E-state index in [1.54, 1.807) is 0 Å². The lowest BCUT2D eigenvalue weighted by molar-refractivity contribution is -0.132. The van der Waals surface area contributed by atoms with Crippen molar-refractivity contribution in [2.45, 2.75) is 70.3 Å². The van der Waals surface area contributed by atoms with E-state index in [4.69, 9.17) is 0 Å². The zero-order chi connectivity index (χ0) is 12.4. The Bertz CT molecular complexity index is 331. The smallest absolute Gasteiger partial charge is 0.227 e. The van der Waals surface area contributed by atoms with Crippen LogP contribution in [0.25, 0.3) is 0 Å². The fourth-order valence-corrected chi connectivity index (χ4v) is 3.39. The van der Waals surface area contributed by atoms with E-state index in [9.17, 15) is 10.1 Å². The Kier molecular flexibility index (Phi) is 3.42. The molecule has 0 saturated heterocycles. The molecule has 0 bridgehead atoms. The van der Waals surface area contributed by atoms with E-state index >= 15 is 0 Å². The molecule has 0 atom stereocenters. The van der Waals surface area contributed by atoms with Gasteiger partial charge in [0.2, 0.25) is 5.91 Å². The summed E-state index contributed by atoms with van der Waals surface area (Å²) in [5.74, 6) is 0.140. The third kappa shape index (κ3) is 2.18. The third-order valence-corrected chi connectivity index (χ3v) is 4.74. The Morgan fingerprint density at radius 3 is 2.18 bits per heavy atom. The van der Waals surface area contributed by atoms with Crippen molar-refractivity contribution in [3.63, 3.8) is 0 Å². The molecular formula is C14H22N2O. The molecule has 94 valence electrons. The van der Waals surface area contributed by atoms with Gasteiger partial charge in [0.05, 0.1) is 6.07 Å². The summed E-state index contributed by atoms with van der Waals surface area (Å²) in [6.45, 7) is 2.10. The minimum absolute atomic E-state index is 0.140. The molecule has 0 unspecified atom stereocenters. The molecule has 2 aliphatic rings. The van der Waals surface area contributed by atoms with Crippen LogP contribution in [0.15, 0.2) is 0 Å². The summed E-state index contributed by atoms with van der Waals surface area (Å²) in [7, 11) is 0. The average molecular weight is 234 g/mol. The number of amides is 1. The summed E-state index contributed by atoms with van der Waals surface area (Å²) in [4.78, 5) is 12.5. The number of hydrogen-bond acceptors (Lipinski definition) is 2. The number of nitrogens with zero attached hydrogens (tertiary/aromatic N) is 1. The molecule has 2 aliphatic carbocycles. The maximum Gasteiger partial charge on any atom is 0.227 e. The molecule has 2 saturated carbocycles. The Morgan fingerprint density at radius 2 is 1.71 bits per heavy atom. The van der Waals surface area contributed by atoms with Gasteiger partial charge in [-0.25, -0.2) is 0 Å². The second-order valence-electron chi connectivity index (χ2n) is 5.70. The summed E-state index contributed by atoms with van der Waals surface area (Å²) >= 11 is 0. The van der Waals surface area contributed by atoms with Crippen molar-refractivity contribution in [1.82, 2.24) is 5.32 Å². The van der Waals surface area contributed by atoms with E-state index in [0.717, 1.165) is 57.8 Å². The van der Waals surface area contributed by atoms with Gasteiger partial charge < -0.3 is 5.32 Å². The summed E-state index contributed by atoms with van der Waals surface area (Å²) in [6.07, 6.45) is 8.99. The van der Waals surface area contributed by atoms with Crippen LogP contribution in [-0.4, -0.2) is 11.4 Å². The minimum atomic E-state index is -0.554. The summed E-state index contributed by atoms with van der Waals surface area (Å²) in [5, 5.41) is 12.4. The largest absolute Gasteiger partial charge is 0.337 e. The van der Waals surface area contributed by atoms with Crippen molar-refractivity contribution < 1.29 is 4.79 Å². The molecule has 1 N–H and O–H groups in total. The number of carbonyl (C=O) groups excluding carboxylic acids is 1. The lowest BCUT2D eigenvalue weighted by Gasteiger charge is -2.31. The average Bonchev–Trinajstić information content (AvgIpc) is 2.98. The first kappa shape index (κ1) is 12.4. The van der Waals surface area contributed by atoms with Gasteiger partial charge in [0.25, 0.3) is 0 Å². The van der Waals surface area contributed by atoms with E-state index < -0.39 is 5.54 Å². The molecule has 0 radical (unpaired) electrons. The van der Waals surface area contributed by atoms with Gasteiger partial charge in [-0.3, -0.25) is 4.79 Å². The monoisotopic (exact) mass is 234 g/mol. The highest BCUT2D eigenvalue weighted by molar-refractivity contribution is 5.84. The molecule has 0 aliphatic heterocycles. The summed E-state index contributed by atoms with van der Waals surface area (Å²) < 4.78 is 0. The molecule has 0 aromatic rings. The first-order valence-corrected chi connectivity index (χ1v) is 6.90. The van der Waals surface area contributed by atoms with Crippen molar-refractivity contribution in [1.29, 1.82) is 5.26 Å². The quantitative estimate of drug-likeness (QED) is 0.816. The molecule has 0 spiro atoms. The minimum Gasteiger partial charge on any atom is -0.337 e. The topological polar surface area (TPSA) is 52.9 Å². The first-order valence-electron chi connectivity index (χ1n) is 6.90. The Labute approximate surface area is 104 Å². The van der Waals surface area contributed by atoms with Crippen LogP contribution in [0.4, 0.5) is 0 Å². The highest BCUT2D eigenvalue weighted by Crippen LogP contribution is 2.42. The Balaban J connectivity index is 2.08. The van der Waals surface area contributed by atoms with Gasteiger partial charge in [0, 0.05) is 5.41 Å². The fourth-order valence-electron chi connectivity index (χ4n) is 3.39. The van der Waals surface area contributed by atoms with Crippen LogP contribution in [0.5, 0.6) is 0 Å². The predicted octanol–water partition coefficient (Wildman–Crippen LogP) is 2.91. The number of nitriles is 1. The van der Waals surface area contributed by atoms with Gasteiger partial charge in [-0.05, 0) is 44.9 Å². The second kappa shape index (κ2) is 4.68. The van der Waals surface area contributed by atoms with Gasteiger partial charge in [-0.15, -0.1) is 0 Å².